The number of hydrogen-bond donors (Lipinski definition) is 1. The number of hydrogen-bond acceptors (Lipinski definition) is 3. The zero-order valence-electron chi connectivity index (χ0n) is 12.2. The largest absolute Gasteiger partial charge is 0.307 e. The zero-order chi connectivity index (χ0) is 14.7. The number of carbonyl (C=O) groups excluding carboxylic acids is 1. The van der Waals surface area contributed by atoms with Crippen LogP contribution in [-0.2, 0) is 7.05 Å². The lowest BCUT2D eigenvalue weighted by molar-refractivity contribution is 0.102. The molecule has 20 heavy (non-hydrogen) atoms. The maximum Gasteiger partial charge on any atom is 0.256 e. The number of rotatable bonds is 4. The molecule has 1 aromatic carbocycles. The minimum absolute atomic E-state index is 0.115. The topological polar surface area (TPSA) is 46.9 Å². The monoisotopic (exact) mass is 289 g/mol. The predicted octanol–water partition coefficient (Wildman–Crippen LogP) is 3.52. The van der Waals surface area contributed by atoms with E-state index in [1.165, 1.54) is 0 Å². The van der Waals surface area contributed by atoms with Gasteiger partial charge >= 0.3 is 0 Å². The van der Waals surface area contributed by atoms with Crippen molar-refractivity contribution in [2.24, 2.45) is 7.05 Å². The normalized spacial score (nSPS) is 10.8. The first-order valence-corrected chi connectivity index (χ1v) is 7.73. The van der Waals surface area contributed by atoms with Gasteiger partial charge in [0.15, 0.2) is 0 Å². The standard InChI is InChI=1S/C15H19N3OS/c1-10(2)13-9-14(18(3)17-13)16-15(19)11-5-7-12(20-4)8-6-11/h5-10H,1-4H3,(H,16,19). The SMILES string of the molecule is CSc1ccc(C(=O)Nc2cc(C(C)C)nn2C)cc1. The molecule has 4 nitrogen and oxygen atoms in total. The number of nitrogens with one attached hydrogen (secondary N) is 1. The van der Waals surface area contributed by atoms with Crippen molar-refractivity contribution in [3.8, 4) is 0 Å². The molecule has 5 heteroatoms. The molecule has 0 saturated carbocycles. The Bertz CT molecular complexity index is 602. The highest BCUT2D eigenvalue weighted by molar-refractivity contribution is 7.98. The lowest BCUT2D eigenvalue weighted by Gasteiger charge is -2.05. The Kier molecular flexibility index (Phi) is 4.49. The van der Waals surface area contributed by atoms with E-state index in [1.54, 1.807) is 16.4 Å². The predicted molar refractivity (Wildman–Crippen MR) is 83.5 cm³/mol. The molecule has 0 spiro atoms. The van der Waals surface area contributed by atoms with Crippen LogP contribution in [0.25, 0.3) is 0 Å². The molecule has 0 saturated heterocycles. The maximum absolute atomic E-state index is 12.2. The van der Waals surface area contributed by atoms with Crippen molar-refractivity contribution in [3.05, 3.63) is 41.6 Å². The van der Waals surface area contributed by atoms with E-state index in [-0.39, 0.29) is 5.91 Å². The van der Waals surface area contributed by atoms with Crippen molar-refractivity contribution < 1.29 is 4.79 Å². The maximum atomic E-state index is 12.2. The third-order valence-electron chi connectivity index (χ3n) is 3.08. The Labute approximate surface area is 123 Å². The van der Waals surface area contributed by atoms with Crippen molar-refractivity contribution in [1.29, 1.82) is 0 Å². The molecule has 1 N–H and O–H groups in total. The Morgan fingerprint density at radius 3 is 2.45 bits per heavy atom. The van der Waals surface area contributed by atoms with Gasteiger partial charge in [-0.25, -0.2) is 0 Å². The summed E-state index contributed by atoms with van der Waals surface area (Å²) >= 11 is 1.66. The molecule has 0 fully saturated rings. The van der Waals surface area contributed by atoms with Gasteiger partial charge in [0.2, 0.25) is 0 Å². The smallest absolute Gasteiger partial charge is 0.256 e. The molecule has 0 aliphatic rings. The second kappa shape index (κ2) is 6.13. The number of thioether (sulfide) groups is 1. The molecule has 0 aliphatic heterocycles. The lowest BCUT2D eigenvalue weighted by Crippen LogP contribution is -2.14. The first kappa shape index (κ1) is 14.7. The molecule has 2 aromatic rings. The third kappa shape index (κ3) is 3.22. The number of benzene rings is 1. The summed E-state index contributed by atoms with van der Waals surface area (Å²) < 4.78 is 1.70. The van der Waals surface area contributed by atoms with Gasteiger partial charge in [-0.1, -0.05) is 13.8 Å². The average Bonchev–Trinajstić information content (AvgIpc) is 2.80. The van der Waals surface area contributed by atoms with Crippen molar-refractivity contribution >= 4 is 23.5 Å². The lowest BCUT2D eigenvalue weighted by atomic mass is 10.1. The number of aryl methyl sites for hydroxylation is 1. The fourth-order valence-corrected chi connectivity index (χ4v) is 2.23. The second-order valence-electron chi connectivity index (χ2n) is 4.92. The van der Waals surface area contributed by atoms with E-state index in [0.717, 1.165) is 10.6 Å². The summed E-state index contributed by atoms with van der Waals surface area (Å²) in [6.07, 6.45) is 2.01. The van der Waals surface area contributed by atoms with Crippen LogP contribution < -0.4 is 5.32 Å². The molecular formula is C15H19N3OS. The van der Waals surface area contributed by atoms with Gasteiger partial charge in [0, 0.05) is 23.6 Å². The third-order valence-corrected chi connectivity index (χ3v) is 3.83. The van der Waals surface area contributed by atoms with Gasteiger partial charge in [0.05, 0.1) is 5.69 Å². The van der Waals surface area contributed by atoms with Crippen molar-refractivity contribution in [1.82, 2.24) is 9.78 Å². The van der Waals surface area contributed by atoms with Crippen LogP contribution in [0.15, 0.2) is 35.2 Å². The van der Waals surface area contributed by atoms with Crippen molar-refractivity contribution in [2.45, 2.75) is 24.7 Å². The molecule has 2 rings (SSSR count). The van der Waals surface area contributed by atoms with Crippen LogP contribution in [0.4, 0.5) is 5.82 Å². The highest BCUT2D eigenvalue weighted by atomic mass is 32.2. The van der Waals surface area contributed by atoms with Crippen LogP contribution in [0.1, 0.15) is 35.8 Å². The minimum atomic E-state index is -0.115. The van der Waals surface area contributed by atoms with Crippen LogP contribution >= 0.6 is 11.8 Å². The molecule has 106 valence electrons. The zero-order valence-corrected chi connectivity index (χ0v) is 13.0. The average molecular weight is 289 g/mol. The van der Waals surface area contributed by atoms with Gasteiger partial charge < -0.3 is 5.32 Å². The van der Waals surface area contributed by atoms with Gasteiger partial charge in [-0.3, -0.25) is 9.48 Å². The van der Waals surface area contributed by atoms with E-state index in [4.69, 9.17) is 0 Å². The molecule has 1 heterocycles. The summed E-state index contributed by atoms with van der Waals surface area (Å²) in [7, 11) is 1.83. The van der Waals surface area contributed by atoms with Gasteiger partial charge in [-0.15, -0.1) is 11.8 Å². The molecule has 1 amide bonds. The summed E-state index contributed by atoms with van der Waals surface area (Å²) in [5.41, 5.74) is 1.62. The van der Waals surface area contributed by atoms with E-state index < -0.39 is 0 Å². The van der Waals surface area contributed by atoms with Crippen LogP contribution in [0.3, 0.4) is 0 Å². The Balaban J connectivity index is 2.14. The first-order valence-electron chi connectivity index (χ1n) is 6.50. The molecule has 0 bridgehead atoms. The number of aromatic nitrogens is 2. The summed E-state index contributed by atoms with van der Waals surface area (Å²) in [5.74, 6) is 0.941. The number of nitrogens with zero attached hydrogens (tertiary/aromatic N) is 2. The van der Waals surface area contributed by atoms with E-state index >= 15 is 0 Å². The minimum Gasteiger partial charge on any atom is -0.307 e. The number of carbonyl (C=O) groups is 1. The first-order chi connectivity index (χ1) is 9.51. The summed E-state index contributed by atoms with van der Waals surface area (Å²) in [6.45, 7) is 4.16. The summed E-state index contributed by atoms with van der Waals surface area (Å²) in [5, 5.41) is 7.28. The Morgan fingerprint density at radius 2 is 1.95 bits per heavy atom. The van der Waals surface area contributed by atoms with Gasteiger partial charge in [-0.05, 0) is 36.4 Å². The fraction of sp³-hybridized carbons (Fsp3) is 0.333. The highest BCUT2D eigenvalue weighted by Crippen LogP contribution is 2.19. The quantitative estimate of drug-likeness (QED) is 0.876. The fourth-order valence-electron chi connectivity index (χ4n) is 1.82. The van der Waals surface area contributed by atoms with Crippen LogP contribution in [0.5, 0.6) is 0 Å². The molecule has 0 atom stereocenters. The van der Waals surface area contributed by atoms with E-state index in [9.17, 15) is 4.79 Å². The molecule has 1 aromatic heterocycles. The van der Waals surface area contributed by atoms with Gasteiger partial charge in [0.1, 0.15) is 5.82 Å². The van der Waals surface area contributed by atoms with Crippen molar-refractivity contribution in [2.75, 3.05) is 11.6 Å². The highest BCUT2D eigenvalue weighted by Gasteiger charge is 2.12. The molecule has 0 unspecified atom stereocenters. The van der Waals surface area contributed by atoms with E-state index in [0.29, 0.717) is 17.3 Å². The van der Waals surface area contributed by atoms with Gasteiger partial charge in [-0.2, -0.15) is 5.10 Å². The van der Waals surface area contributed by atoms with Crippen molar-refractivity contribution in [3.63, 3.8) is 0 Å². The van der Waals surface area contributed by atoms with Gasteiger partial charge in [0.25, 0.3) is 5.91 Å². The Morgan fingerprint density at radius 1 is 1.30 bits per heavy atom. The summed E-state index contributed by atoms with van der Waals surface area (Å²) in [4.78, 5) is 13.3. The molecular weight excluding hydrogens is 270 g/mol. The number of amides is 1. The summed E-state index contributed by atoms with van der Waals surface area (Å²) in [6, 6.07) is 9.48. The van der Waals surface area contributed by atoms with Crippen LogP contribution in [-0.4, -0.2) is 21.9 Å². The number of anilines is 1. The Hall–Kier alpha value is -1.75. The van der Waals surface area contributed by atoms with E-state index in [2.05, 4.69) is 24.3 Å². The van der Waals surface area contributed by atoms with Crippen LogP contribution in [0, 0.1) is 0 Å². The second-order valence-corrected chi connectivity index (χ2v) is 5.80. The molecule has 0 aliphatic carbocycles. The van der Waals surface area contributed by atoms with E-state index in [1.807, 2.05) is 43.6 Å². The van der Waals surface area contributed by atoms with Crippen LogP contribution in [0.2, 0.25) is 0 Å². The molecule has 0 radical (unpaired) electrons.